The van der Waals surface area contributed by atoms with E-state index >= 15 is 13.2 Å². The fourth-order valence-corrected chi connectivity index (χ4v) is 8.39. The van der Waals surface area contributed by atoms with E-state index in [1.807, 2.05) is 0 Å². The van der Waals surface area contributed by atoms with Crippen molar-refractivity contribution in [2.45, 2.75) is 37.1 Å². The molecule has 2 atom stereocenters. The molecule has 2 unspecified atom stereocenters. The number of rotatable bonds is 7. The Morgan fingerprint density at radius 1 is 1.04 bits per heavy atom. The van der Waals surface area contributed by atoms with Gasteiger partial charge in [-0.25, -0.2) is 27.0 Å². The highest BCUT2D eigenvalue weighted by molar-refractivity contribution is 7.92. The van der Waals surface area contributed by atoms with E-state index in [1.54, 1.807) is 10.8 Å². The molecule has 3 aliphatic heterocycles. The zero-order valence-electron chi connectivity index (χ0n) is 27.5. The Kier molecular flexibility index (Phi) is 8.52. The van der Waals surface area contributed by atoms with E-state index in [4.69, 9.17) is 0 Å². The highest BCUT2D eigenvalue weighted by Crippen LogP contribution is 2.41. The summed E-state index contributed by atoms with van der Waals surface area (Å²) in [5, 5.41) is 15.3. The first-order valence-electron chi connectivity index (χ1n) is 16.3. The van der Waals surface area contributed by atoms with Gasteiger partial charge in [0.15, 0.2) is 5.82 Å². The molecule has 0 spiro atoms. The van der Waals surface area contributed by atoms with Crippen molar-refractivity contribution in [3.63, 3.8) is 0 Å². The first-order valence-corrected chi connectivity index (χ1v) is 17.7. The van der Waals surface area contributed by atoms with Crippen molar-refractivity contribution in [1.29, 1.82) is 0 Å². The number of benzene rings is 3. The second-order valence-corrected chi connectivity index (χ2v) is 14.7. The number of hydrogen-bond donors (Lipinski definition) is 4. The molecule has 3 aromatic carbocycles. The van der Waals surface area contributed by atoms with Crippen LogP contribution in [0.2, 0.25) is 0 Å². The number of aromatic nitrogens is 2. The van der Waals surface area contributed by atoms with Crippen LogP contribution in [0.4, 0.5) is 18.9 Å². The number of nitrogens with zero attached hydrogens (tertiary/aromatic N) is 4. The molecule has 3 fully saturated rings. The van der Waals surface area contributed by atoms with E-state index in [1.165, 1.54) is 51.4 Å². The third-order valence-corrected chi connectivity index (χ3v) is 11.2. The molecule has 274 valence electrons. The van der Waals surface area contributed by atoms with E-state index in [0.29, 0.717) is 20.9 Å². The van der Waals surface area contributed by atoms with Gasteiger partial charge in [0.25, 0.3) is 17.7 Å². The lowest BCUT2D eigenvalue weighted by Gasteiger charge is -2.38. The number of imidazole rings is 1. The predicted molar refractivity (Wildman–Crippen MR) is 180 cm³/mol. The van der Waals surface area contributed by atoms with Crippen LogP contribution >= 0.6 is 0 Å². The normalized spacial score (nSPS) is 21.8. The standard InChI is InChI=1S/C33H32F3N7O8S/c1-40-24-13-17(3-5-22(24)43(32(40)49)23-6-7-26(45)38-31(23)48)21-8-10-41(16-33(21,35)36)11-9-37-30(47)18-2-4-20-19(12-18)14-25(44)29(28(20)34)42-15-27(46)39-52(42,50)51/h2-5,12-14,21,23,44H,6-11,15-16H2,1H3,(H,37,47)(H,39,46)(H,38,45,48). The number of aryl methyl sites for hydroxylation is 1. The van der Waals surface area contributed by atoms with Crippen LogP contribution in [0.3, 0.4) is 0 Å². The molecule has 4 N–H and O–H groups in total. The van der Waals surface area contributed by atoms with Crippen LogP contribution < -0.4 is 25.4 Å². The number of piperidine rings is 2. The number of likely N-dealkylation sites (tertiary alicyclic amines) is 1. The molecular formula is C33H32F3N7O8S. The van der Waals surface area contributed by atoms with Crippen LogP contribution in [0, 0.1) is 5.82 Å². The van der Waals surface area contributed by atoms with Gasteiger partial charge >= 0.3 is 15.9 Å². The molecule has 0 bridgehead atoms. The van der Waals surface area contributed by atoms with Gasteiger partial charge in [0, 0.05) is 37.5 Å². The average Bonchev–Trinajstić information content (AvgIpc) is 3.48. The molecule has 0 radical (unpaired) electrons. The fraction of sp³-hybridized carbons (Fsp3) is 0.364. The average molecular weight is 744 g/mol. The third-order valence-electron chi connectivity index (χ3n) is 9.79. The highest BCUT2D eigenvalue weighted by Gasteiger charge is 2.45. The maximum absolute atomic E-state index is 15.6. The molecule has 52 heavy (non-hydrogen) atoms. The molecule has 4 amide bonds. The van der Waals surface area contributed by atoms with Gasteiger partial charge in [0.1, 0.15) is 24.0 Å². The monoisotopic (exact) mass is 743 g/mol. The number of alkyl halides is 2. The Balaban J connectivity index is 0.997. The third kappa shape index (κ3) is 6.02. The summed E-state index contributed by atoms with van der Waals surface area (Å²) >= 11 is 0. The number of nitrogens with one attached hydrogen (secondary N) is 3. The van der Waals surface area contributed by atoms with Crippen LogP contribution in [0.5, 0.6) is 5.75 Å². The number of hydrogen-bond acceptors (Lipinski definition) is 9. The number of carbonyl (C=O) groups is 4. The van der Waals surface area contributed by atoms with Crippen LogP contribution in [0.25, 0.3) is 21.8 Å². The van der Waals surface area contributed by atoms with Crippen LogP contribution in [0.15, 0.2) is 47.3 Å². The second-order valence-electron chi connectivity index (χ2n) is 13.1. The van der Waals surface area contributed by atoms with Crippen molar-refractivity contribution in [2.24, 2.45) is 7.05 Å². The SMILES string of the molecule is Cn1c(=O)n(C2CCC(=O)NC2=O)c2ccc(C3CCN(CCNC(=O)c4ccc5c(F)c(N6CC(=O)NS6(=O)=O)c(O)cc5c4)CC3(F)F)cc21. The van der Waals surface area contributed by atoms with E-state index in [0.717, 1.165) is 6.07 Å². The molecule has 19 heteroatoms. The number of amides is 4. The zero-order chi connectivity index (χ0) is 37.3. The van der Waals surface area contributed by atoms with Gasteiger partial charge in [-0.15, -0.1) is 0 Å². The summed E-state index contributed by atoms with van der Waals surface area (Å²) in [5.41, 5.74) is -0.0232. The topological polar surface area (TPSA) is 192 Å². The van der Waals surface area contributed by atoms with Crippen LogP contribution in [0.1, 0.15) is 47.1 Å². The molecule has 7 rings (SSSR count). The number of fused-ring (bicyclic) bond motifs is 2. The second kappa shape index (κ2) is 12.7. The Bertz CT molecular complexity index is 2380. The number of phenols is 1. The number of carbonyl (C=O) groups excluding carboxylic acids is 4. The Morgan fingerprint density at radius 3 is 2.50 bits per heavy atom. The maximum atomic E-state index is 15.6. The fourth-order valence-electron chi connectivity index (χ4n) is 7.23. The summed E-state index contributed by atoms with van der Waals surface area (Å²) in [6, 6.07) is 8.58. The van der Waals surface area contributed by atoms with Crippen molar-refractivity contribution in [2.75, 3.05) is 37.0 Å². The minimum atomic E-state index is -4.40. The van der Waals surface area contributed by atoms with Gasteiger partial charge in [-0.3, -0.25) is 38.5 Å². The summed E-state index contributed by atoms with van der Waals surface area (Å²) in [6.45, 7) is -0.920. The molecule has 4 heterocycles. The zero-order valence-corrected chi connectivity index (χ0v) is 28.3. The Labute approximate surface area is 293 Å². The summed E-state index contributed by atoms with van der Waals surface area (Å²) in [7, 11) is -2.90. The summed E-state index contributed by atoms with van der Waals surface area (Å²) in [5.74, 6) is -8.70. The maximum Gasteiger partial charge on any atom is 0.329 e. The first kappa shape index (κ1) is 35.0. The molecule has 1 aromatic heterocycles. The quantitative estimate of drug-likeness (QED) is 0.203. The molecule has 0 aliphatic carbocycles. The molecule has 15 nitrogen and oxygen atoms in total. The molecular weight excluding hydrogens is 711 g/mol. The lowest BCUT2D eigenvalue weighted by Crippen LogP contribution is -2.49. The molecule has 3 saturated heterocycles. The van der Waals surface area contributed by atoms with Gasteiger partial charge in [-0.05, 0) is 60.7 Å². The first-order chi connectivity index (χ1) is 24.6. The number of aromatic hydroxyl groups is 1. The van der Waals surface area contributed by atoms with Crippen molar-refractivity contribution in [3.8, 4) is 5.75 Å². The van der Waals surface area contributed by atoms with Crippen molar-refractivity contribution in [1.82, 2.24) is 29.4 Å². The van der Waals surface area contributed by atoms with Crippen molar-refractivity contribution in [3.05, 3.63) is 69.9 Å². The van der Waals surface area contributed by atoms with E-state index in [-0.39, 0.29) is 55.2 Å². The predicted octanol–water partition coefficient (Wildman–Crippen LogP) is 1.35. The molecule has 0 saturated carbocycles. The van der Waals surface area contributed by atoms with Crippen molar-refractivity contribution < 1.29 is 45.9 Å². The van der Waals surface area contributed by atoms with Crippen molar-refractivity contribution >= 4 is 61.3 Å². The minimum Gasteiger partial charge on any atom is -0.506 e. The van der Waals surface area contributed by atoms with E-state index in [9.17, 15) is 37.5 Å². The minimum absolute atomic E-state index is 0.00589. The van der Waals surface area contributed by atoms with Gasteiger partial charge in [-0.1, -0.05) is 12.1 Å². The molecule has 4 aromatic rings. The Hall–Kier alpha value is -5.43. The van der Waals surface area contributed by atoms with Gasteiger partial charge < -0.3 is 10.4 Å². The smallest absolute Gasteiger partial charge is 0.329 e. The lowest BCUT2D eigenvalue weighted by atomic mass is 9.86. The highest BCUT2D eigenvalue weighted by atomic mass is 32.2. The number of anilines is 1. The largest absolute Gasteiger partial charge is 0.506 e. The number of halogens is 3. The summed E-state index contributed by atoms with van der Waals surface area (Å²) in [6.07, 6.45) is 0.301. The Morgan fingerprint density at radius 2 is 1.81 bits per heavy atom. The van der Waals surface area contributed by atoms with Gasteiger partial charge in [-0.2, -0.15) is 8.42 Å². The van der Waals surface area contributed by atoms with E-state index in [2.05, 4.69) is 10.6 Å². The summed E-state index contributed by atoms with van der Waals surface area (Å²) < 4.78 is 75.7. The molecule has 3 aliphatic rings. The van der Waals surface area contributed by atoms with Gasteiger partial charge in [0.05, 0.1) is 23.5 Å². The van der Waals surface area contributed by atoms with Crippen LogP contribution in [-0.2, 0) is 31.6 Å². The lowest BCUT2D eigenvalue weighted by molar-refractivity contribution is -0.135. The number of imide groups is 1. The van der Waals surface area contributed by atoms with Crippen LogP contribution in [-0.4, -0.2) is 89.8 Å². The summed E-state index contributed by atoms with van der Waals surface area (Å²) in [4.78, 5) is 63.3. The van der Waals surface area contributed by atoms with Gasteiger partial charge in [0.2, 0.25) is 11.8 Å². The number of phenolic OH excluding ortho intramolecular Hbond substituents is 1. The van der Waals surface area contributed by atoms with E-state index < -0.39 is 87.8 Å².